The SMILES string of the molecule is CC(=O)O[C@H]1CC[C@]2(C)[C@H]3CC[C@]4(C)[C@@H](C(C)=O)CC[C@H]4[C@@H]3C[C@@H]3O[C@]32C1. The third-order valence-corrected chi connectivity index (χ3v) is 9.86. The second kappa shape index (κ2) is 5.58. The van der Waals surface area contributed by atoms with Gasteiger partial charge in [-0.2, -0.15) is 0 Å². The fourth-order valence-electron chi connectivity index (χ4n) is 8.64. The van der Waals surface area contributed by atoms with Gasteiger partial charge in [-0.25, -0.2) is 0 Å². The van der Waals surface area contributed by atoms with Crippen LogP contribution >= 0.6 is 0 Å². The van der Waals surface area contributed by atoms with Crippen molar-refractivity contribution in [3.63, 3.8) is 0 Å². The first-order valence-corrected chi connectivity index (χ1v) is 11.1. The van der Waals surface area contributed by atoms with Gasteiger partial charge in [0.25, 0.3) is 0 Å². The predicted molar refractivity (Wildman–Crippen MR) is 101 cm³/mol. The van der Waals surface area contributed by atoms with Gasteiger partial charge >= 0.3 is 5.97 Å². The van der Waals surface area contributed by atoms with Crippen molar-refractivity contribution in [3.05, 3.63) is 0 Å². The van der Waals surface area contributed by atoms with Crippen LogP contribution in [0.4, 0.5) is 0 Å². The van der Waals surface area contributed by atoms with E-state index in [4.69, 9.17) is 9.47 Å². The van der Waals surface area contributed by atoms with E-state index in [0.717, 1.165) is 32.1 Å². The lowest BCUT2D eigenvalue weighted by Gasteiger charge is -2.59. The molecular formula is C23H34O4. The number of Topliss-reactive ketones (excluding diaryl/α,β-unsaturated/α-hetero) is 1. The van der Waals surface area contributed by atoms with Gasteiger partial charge in [0.15, 0.2) is 0 Å². The molecule has 0 bridgehead atoms. The Hall–Kier alpha value is -0.900. The van der Waals surface area contributed by atoms with Gasteiger partial charge in [0.1, 0.15) is 17.5 Å². The maximum atomic E-state index is 12.3. The predicted octanol–water partition coefficient (Wildman–Crippen LogP) is 4.30. The molecule has 27 heavy (non-hydrogen) atoms. The molecule has 5 aliphatic rings. The van der Waals surface area contributed by atoms with Crippen LogP contribution in [0.5, 0.6) is 0 Å². The van der Waals surface area contributed by atoms with E-state index in [9.17, 15) is 9.59 Å². The van der Waals surface area contributed by atoms with Gasteiger partial charge in [0, 0.05) is 24.7 Å². The highest BCUT2D eigenvalue weighted by Crippen LogP contribution is 2.74. The molecule has 9 atom stereocenters. The van der Waals surface area contributed by atoms with Crippen molar-refractivity contribution in [2.45, 2.75) is 96.9 Å². The van der Waals surface area contributed by atoms with Crippen LogP contribution in [0.15, 0.2) is 0 Å². The molecule has 0 unspecified atom stereocenters. The van der Waals surface area contributed by atoms with Gasteiger partial charge in [-0.1, -0.05) is 13.8 Å². The van der Waals surface area contributed by atoms with Crippen molar-refractivity contribution in [1.29, 1.82) is 0 Å². The van der Waals surface area contributed by atoms with E-state index >= 15 is 0 Å². The molecular weight excluding hydrogens is 340 g/mol. The average Bonchev–Trinajstić information content (AvgIpc) is 3.15. The van der Waals surface area contributed by atoms with Gasteiger partial charge in [0.05, 0.1) is 6.10 Å². The van der Waals surface area contributed by atoms with Crippen LogP contribution in [0.25, 0.3) is 0 Å². The number of hydrogen-bond donors (Lipinski definition) is 0. The molecule has 1 heterocycles. The number of esters is 1. The summed E-state index contributed by atoms with van der Waals surface area (Å²) in [4.78, 5) is 23.7. The van der Waals surface area contributed by atoms with Crippen LogP contribution in [0.3, 0.4) is 0 Å². The van der Waals surface area contributed by atoms with Gasteiger partial charge < -0.3 is 9.47 Å². The van der Waals surface area contributed by atoms with Crippen molar-refractivity contribution in [3.8, 4) is 0 Å². The van der Waals surface area contributed by atoms with E-state index < -0.39 is 0 Å². The smallest absolute Gasteiger partial charge is 0.302 e. The molecule has 5 fully saturated rings. The average molecular weight is 375 g/mol. The summed E-state index contributed by atoms with van der Waals surface area (Å²) in [6.45, 7) is 8.19. The number of carbonyl (C=O) groups excluding carboxylic acids is 2. The van der Waals surface area contributed by atoms with Crippen molar-refractivity contribution in [1.82, 2.24) is 0 Å². The van der Waals surface area contributed by atoms with E-state index in [1.165, 1.54) is 26.2 Å². The molecule has 0 aromatic heterocycles. The zero-order valence-corrected chi connectivity index (χ0v) is 17.3. The zero-order valence-electron chi connectivity index (χ0n) is 17.3. The van der Waals surface area contributed by atoms with E-state index in [-0.39, 0.29) is 34.4 Å². The quantitative estimate of drug-likeness (QED) is 0.534. The van der Waals surface area contributed by atoms with Crippen molar-refractivity contribution >= 4 is 11.8 Å². The number of ketones is 1. The number of epoxide rings is 1. The Morgan fingerprint density at radius 2 is 1.78 bits per heavy atom. The lowest BCUT2D eigenvalue weighted by Crippen LogP contribution is -2.59. The summed E-state index contributed by atoms with van der Waals surface area (Å²) < 4.78 is 12.1. The minimum Gasteiger partial charge on any atom is -0.462 e. The van der Waals surface area contributed by atoms with Gasteiger partial charge in [0.2, 0.25) is 0 Å². The van der Waals surface area contributed by atoms with Crippen LogP contribution in [-0.4, -0.2) is 29.6 Å². The molecule has 0 aromatic carbocycles. The Morgan fingerprint density at radius 1 is 1.00 bits per heavy atom. The van der Waals surface area contributed by atoms with Crippen molar-refractivity contribution < 1.29 is 19.1 Å². The summed E-state index contributed by atoms with van der Waals surface area (Å²) in [5, 5.41) is 0. The van der Waals surface area contributed by atoms with Crippen LogP contribution in [0.1, 0.15) is 79.1 Å². The number of ether oxygens (including phenoxy) is 2. The minimum atomic E-state index is -0.166. The van der Waals surface area contributed by atoms with Crippen molar-refractivity contribution in [2.24, 2.45) is 34.5 Å². The number of carbonyl (C=O) groups is 2. The number of fused-ring (bicyclic) bond motifs is 4. The van der Waals surface area contributed by atoms with E-state index in [1.807, 2.05) is 0 Å². The largest absolute Gasteiger partial charge is 0.462 e. The van der Waals surface area contributed by atoms with Crippen LogP contribution in [0, 0.1) is 34.5 Å². The minimum absolute atomic E-state index is 0.0274. The fourth-order valence-corrected chi connectivity index (χ4v) is 8.64. The monoisotopic (exact) mass is 374 g/mol. The summed E-state index contributed by atoms with van der Waals surface area (Å²) in [7, 11) is 0. The number of hydrogen-bond acceptors (Lipinski definition) is 4. The Morgan fingerprint density at radius 3 is 2.48 bits per heavy atom. The van der Waals surface area contributed by atoms with Crippen LogP contribution in [-0.2, 0) is 19.1 Å². The molecule has 0 radical (unpaired) electrons. The molecule has 1 spiro atoms. The lowest BCUT2D eigenvalue weighted by molar-refractivity contribution is -0.158. The summed E-state index contributed by atoms with van der Waals surface area (Å²) in [5.41, 5.74) is 0.346. The summed E-state index contributed by atoms with van der Waals surface area (Å²) >= 11 is 0. The summed E-state index contributed by atoms with van der Waals surface area (Å²) in [6, 6.07) is 0. The molecule has 4 aliphatic carbocycles. The molecule has 1 saturated heterocycles. The second-order valence-corrected chi connectivity index (χ2v) is 10.8. The van der Waals surface area contributed by atoms with Gasteiger partial charge in [-0.15, -0.1) is 0 Å². The zero-order chi connectivity index (χ0) is 19.2. The second-order valence-electron chi connectivity index (χ2n) is 10.8. The standard InChI is InChI=1S/C23H34O4/c1-13(24)17-5-6-18-16-11-20-23(27-20)12-15(26-14(2)25)7-10-22(23,4)19(16)8-9-21(17,18)3/h15-20H,5-12H2,1-4H3/t15-,16-,17+,18-,19-,20-,21+,22+,23+/m0/s1. The third-order valence-electron chi connectivity index (χ3n) is 9.86. The van der Waals surface area contributed by atoms with Crippen LogP contribution in [0.2, 0.25) is 0 Å². The fraction of sp³-hybridized carbons (Fsp3) is 0.913. The first kappa shape index (κ1) is 18.1. The molecule has 0 N–H and O–H groups in total. The molecule has 4 nitrogen and oxygen atoms in total. The van der Waals surface area contributed by atoms with Crippen molar-refractivity contribution in [2.75, 3.05) is 0 Å². The van der Waals surface area contributed by atoms with E-state index in [0.29, 0.717) is 29.6 Å². The summed E-state index contributed by atoms with van der Waals surface area (Å²) in [5.74, 6) is 2.57. The molecule has 0 aromatic rings. The molecule has 150 valence electrons. The van der Waals surface area contributed by atoms with Gasteiger partial charge in [-0.05, 0) is 75.0 Å². The Labute approximate surface area is 162 Å². The first-order chi connectivity index (χ1) is 12.7. The van der Waals surface area contributed by atoms with Crippen LogP contribution < -0.4 is 0 Å². The highest BCUT2D eigenvalue weighted by Gasteiger charge is 2.76. The number of rotatable bonds is 2. The van der Waals surface area contributed by atoms with Gasteiger partial charge in [-0.3, -0.25) is 9.59 Å². The third kappa shape index (κ3) is 2.25. The molecule has 1 aliphatic heterocycles. The van der Waals surface area contributed by atoms with E-state index in [1.54, 1.807) is 6.92 Å². The Kier molecular flexibility index (Phi) is 3.75. The Bertz CT molecular complexity index is 688. The highest BCUT2D eigenvalue weighted by atomic mass is 16.6. The van der Waals surface area contributed by atoms with E-state index in [2.05, 4.69) is 13.8 Å². The Balaban J connectivity index is 1.42. The normalized spacial score (nSPS) is 55.6. The maximum absolute atomic E-state index is 12.3. The topological polar surface area (TPSA) is 55.9 Å². The first-order valence-electron chi connectivity index (χ1n) is 11.1. The highest BCUT2D eigenvalue weighted by molar-refractivity contribution is 5.79. The lowest BCUT2D eigenvalue weighted by atomic mass is 9.44. The molecule has 4 heteroatoms. The maximum Gasteiger partial charge on any atom is 0.302 e. The molecule has 5 rings (SSSR count). The molecule has 0 amide bonds. The molecule has 4 saturated carbocycles. The summed E-state index contributed by atoms with van der Waals surface area (Å²) in [6.07, 6.45) is 9.18.